The van der Waals surface area contributed by atoms with Gasteiger partial charge in [0.15, 0.2) is 0 Å². The van der Waals surface area contributed by atoms with Gasteiger partial charge in [-0.15, -0.1) is 0 Å². The Morgan fingerprint density at radius 1 is 1.33 bits per heavy atom. The lowest BCUT2D eigenvalue weighted by Gasteiger charge is -2.34. The Morgan fingerprint density at radius 3 is 2.52 bits per heavy atom. The second-order valence-electron chi connectivity index (χ2n) is 4.53. The first-order chi connectivity index (χ1) is 9.82. The van der Waals surface area contributed by atoms with E-state index in [1.807, 2.05) is 0 Å². The first-order valence-corrected chi connectivity index (χ1v) is 6.28. The molecule has 1 aliphatic rings. The fourth-order valence-electron chi connectivity index (χ4n) is 1.86. The van der Waals surface area contributed by atoms with Gasteiger partial charge in [-0.05, 0) is 6.42 Å². The number of rotatable bonds is 6. The average molecular weight is 302 g/mol. The van der Waals surface area contributed by atoms with Crippen molar-refractivity contribution in [3.8, 4) is 0 Å². The fraction of sp³-hybridized carbons (Fsp3) is 0.636. The van der Waals surface area contributed by atoms with Crippen LogP contribution in [0.1, 0.15) is 12.8 Å². The van der Waals surface area contributed by atoms with Crippen molar-refractivity contribution in [3.05, 3.63) is 0 Å². The van der Waals surface area contributed by atoms with Gasteiger partial charge < -0.3 is 31.5 Å². The summed E-state index contributed by atoms with van der Waals surface area (Å²) in [6.45, 7) is 0.291. The van der Waals surface area contributed by atoms with Gasteiger partial charge in [0.1, 0.15) is 12.1 Å². The van der Waals surface area contributed by atoms with Gasteiger partial charge in [0, 0.05) is 13.0 Å². The summed E-state index contributed by atoms with van der Waals surface area (Å²) in [6.07, 6.45) is -0.318. The van der Waals surface area contributed by atoms with Crippen LogP contribution in [0.3, 0.4) is 0 Å². The topological polar surface area (TPSA) is 165 Å². The van der Waals surface area contributed by atoms with E-state index in [9.17, 15) is 19.2 Å². The van der Waals surface area contributed by atoms with Gasteiger partial charge >= 0.3 is 12.0 Å². The molecule has 1 saturated heterocycles. The van der Waals surface area contributed by atoms with Crippen molar-refractivity contribution in [1.29, 1.82) is 0 Å². The quantitative estimate of drug-likeness (QED) is 0.427. The van der Waals surface area contributed by atoms with E-state index in [4.69, 9.17) is 21.3 Å². The van der Waals surface area contributed by atoms with E-state index in [1.165, 1.54) is 0 Å². The van der Waals surface area contributed by atoms with Crippen molar-refractivity contribution in [1.82, 2.24) is 10.2 Å². The molecule has 1 heterocycles. The van der Waals surface area contributed by atoms with Gasteiger partial charge in [0.2, 0.25) is 11.8 Å². The zero-order valence-electron chi connectivity index (χ0n) is 11.3. The summed E-state index contributed by atoms with van der Waals surface area (Å²) < 4.78 is 5.06. The molecule has 21 heavy (non-hydrogen) atoms. The monoisotopic (exact) mass is 302 g/mol. The SMILES string of the molecule is NC(=O)CC[C@H](NC(=O)N1CCOCC1C(N)=O)C(=O)O. The minimum absolute atomic E-state index is 0.0399. The number of carbonyl (C=O) groups excluding carboxylic acids is 3. The van der Waals surface area contributed by atoms with Gasteiger partial charge in [-0.1, -0.05) is 0 Å². The van der Waals surface area contributed by atoms with E-state index in [1.54, 1.807) is 0 Å². The van der Waals surface area contributed by atoms with E-state index in [0.717, 1.165) is 4.90 Å². The summed E-state index contributed by atoms with van der Waals surface area (Å²) in [4.78, 5) is 46.1. The lowest BCUT2D eigenvalue weighted by molar-refractivity contribution is -0.139. The molecule has 2 atom stereocenters. The van der Waals surface area contributed by atoms with E-state index in [-0.39, 0.29) is 32.6 Å². The first kappa shape index (κ1) is 16.7. The number of urea groups is 1. The van der Waals surface area contributed by atoms with Crippen LogP contribution in [-0.4, -0.2) is 65.7 Å². The summed E-state index contributed by atoms with van der Waals surface area (Å²) in [6, 6.07) is -2.98. The van der Waals surface area contributed by atoms with E-state index < -0.39 is 35.9 Å². The number of nitrogens with two attached hydrogens (primary N) is 2. The molecule has 10 heteroatoms. The number of hydrogen-bond acceptors (Lipinski definition) is 5. The van der Waals surface area contributed by atoms with Crippen molar-refractivity contribution in [2.24, 2.45) is 11.5 Å². The Kier molecular flexibility index (Phi) is 5.91. The number of carboxylic acid groups (broad SMARTS) is 1. The highest BCUT2D eigenvalue weighted by molar-refractivity contribution is 5.88. The van der Waals surface area contributed by atoms with Gasteiger partial charge in [0.25, 0.3) is 0 Å². The molecule has 4 amide bonds. The number of amides is 4. The van der Waals surface area contributed by atoms with Crippen LogP contribution in [0.2, 0.25) is 0 Å². The summed E-state index contributed by atoms with van der Waals surface area (Å²) in [5, 5.41) is 11.2. The number of morpholine rings is 1. The standard InChI is InChI=1S/C11H18N4O6/c12-8(16)2-1-6(10(18)19)14-11(20)15-3-4-21-5-7(15)9(13)17/h6-7H,1-5H2,(H2,12,16)(H2,13,17)(H,14,20)(H,18,19)/t6-,7?/m0/s1. The second-order valence-corrected chi connectivity index (χ2v) is 4.53. The molecule has 0 aromatic carbocycles. The molecule has 0 bridgehead atoms. The molecule has 0 saturated carbocycles. The van der Waals surface area contributed by atoms with Crippen LogP contribution in [0.5, 0.6) is 0 Å². The molecule has 1 rings (SSSR count). The summed E-state index contributed by atoms with van der Waals surface area (Å²) in [5.41, 5.74) is 10.1. The molecule has 0 aromatic heterocycles. The third-order valence-corrected chi connectivity index (χ3v) is 2.99. The molecule has 1 unspecified atom stereocenters. The van der Waals surface area contributed by atoms with Crippen LogP contribution in [0.15, 0.2) is 0 Å². The molecule has 6 N–H and O–H groups in total. The lowest BCUT2D eigenvalue weighted by Crippen LogP contribution is -2.59. The van der Waals surface area contributed by atoms with E-state index in [2.05, 4.69) is 5.32 Å². The third-order valence-electron chi connectivity index (χ3n) is 2.99. The molecule has 1 aliphatic heterocycles. The summed E-state index contributed by atoms with van der Waals surface area (Å²) >= 11 is 0. The van der Waals surface area contributed by atoms with Crippen LogP contribution >= 0.6 is 0 Å². The maximum atomic E-state index is 12.0. The summed E-state index contributed by atoms with van der Waals surface area (Å²) in [7, 11) is 0. The van der Waals surface area contributed by atoms with Crippen LogP contribution < -0.4 is 16.8 Å². The van der Waals surface area contributed by atoms with Crippen molar-refractivity contribution in [2.75, 3.05) is 19.8 Å². The molecular weight excluding hydrogens is 284 g/mol. The van der Waals surface area contributed by atoms with Crippen molar-refractivity contribution < 1.29 is 29.0 Å². The number of primary amides is 2. The van der Waals surface area contributed by atoms with Crippen LogP contribution in [0, 0.1) is 0 Å². The third kappa shape index (κ3) is 4.91. The molecule has 0 radical (unpaired) electrons. The Morgan fingerprint density at radius 2 is 2.00 bits per heavy atom. The number of hydrogen-bond donors (Lipinski definition) is 4. The van der Waals surface area contributed by atoms with E-state index in [0.29, 0.717) is 0 Å². The fourth-order valence-corrected chi connectivity index (χ4v) is 1.86. The number of nitrogens with one attached hydrogen (secondary N) is 1. The van der Waals surface area contributed by atoms with Crippen molar-refractivity contribution in [2.45, 2.75) is 24.9 Å². The zero-order valence-corrected chi connectivity index (χ0v) is 11.3. The Hall–Kier alpha value is -2.36. The smallest absolute Gasteiger partial charge is 0.326 e. The number of nitrogens with zero attached hydrogens (tertiary/aromatic N) is 1. The predicted molar refractivity (Wildman–Crippen MR) is 68.9 cm³/mol. The molecule has 0 aliphatic carbocycles. The zero-order chi connectivity index (χ0) is 16.0. The van der Waals surface area contributed by atoms with Crippen LogP contribution in [0.4, 0.5) is 4.79 Å². The van der Waals surface area contributed by atoms with Gasteiger partial charge in [-0.2, -0.15) is 0 Å². The van der Waals surface area contributed by atoms with E-state index >= 15 is 0 Å². The summed E-state index contributed by atoms with van der Waals surface area (Å²) in [5.74, 6) is -2.71. The molecule has 1 fully saturated rings. The van der Waals surface area contributed by atoms with Gasteiger partial charge in [0.05, 0.1) is 13.2 Å². The number of aliphatic carboxylic acids is 1. The van der Waals surface area contributed by atoms with Crippen LogP contribution in [0.25, 0.3) is 0 Å². The second kappa shape index (κ2) is 7.43. The minimum Gasteiger partial charge on any atom is -0.480 e. The molecule has 10 nitrogen and oxygen atoms in total. The Labute approximate surface area is 120 Å². The molecule has 0 spiro atoms. The molecular formula is C11H18N4O6. The molecule has 118 valence electrons. The van der Waals surface area contributed by atoms with Crippen molar-refractivity contribution in [3.63, 3.8) is 0 Å². The highest BCUT2D eigenvalue weighted by atomic mass is 16.5. The van der Waals surface area contributed by atoms with Gasteiger partial charge in [-0.3, -0.25) is 9.59 Å². The van der Waals surface area contributed by atoms with Crippen LogP contribution in [-0.2, 0) is 19.1 Å². The predicted octanol–water partition coefficient (Wildman–Crippen LogP) is -2.40. The number of carbonyl (C=O) groups is 4. The first-order valence-electron chi connectivity index (χ1n) is 6.28. The normalized spacial score (nSPS) is 19.6. The van der Waals surface area contributed by atoms with Gasteiger partial charge in [-0.25, -0.2) is 9.59 Å². The molecule has 0 aromatic rings. The highest BCUT2D eigenvalue weighted by Gasteiger charge is 2.33. The maximum Gasteiger partial charge on any atom is 0.326 e. The minimum atomic E-state index is -1.30. The number of carboxylic acids is 1. The largest absolute Gasteiger partial charge is 0.480 e. The maximum absolute atomic E-state index is 12.0. The highest BCUT2D eigenvalue weighted by Crippen LogP contribution is 2.08. The Balaban J connectivity index is 2.68. The lowest BCUT2D eigenvalue weighted by atomic mass is 10.1. The number of ether oxygens (including phenoxy) is 1. The van der Waals surface area contributed by atoms with Crippen molar-refractivity contribution >= 4 is 23.8 Å². The Bertz CT molecular complexity index is 440. The average Bonchev–Trinajstić information content (AvgIpc) is 2.42.